The van der Waals surface area contributed by atoms with E-state index < -0.39 is 0 Å². The lowest BCUT2D eigenvalue weighted by Gasteiger charge is -2.57. The zero-order valence-corrected chi connectivity index (χ0v) is 14.4. The molecule has 5 rings (SSSR count). The Morgan fingerprint density at radius 2 is 2.21 bits per heavy atom. The van der Waals surface area contributed by atoms with Crippen LogP contribution in [0.15, 0.2) is 30.3 Å². The molecule has 3 aliphatic rings. The second-order valence-electron chi connectivity index (χ2n) is 7.81. The number of aromatic nitrogens is 1. The molecule has 3 nitrogen and oxygen atoms in total. The Morgan fingerprint density at radius 1 is 1.29 bits per heavy atom. The van der Waals surface area contributed by atoms with Crippen LogP contribution in [0.25, 0.3) is 10.9 Å². The van der Waals surface area contributed by atoms with E-state index in [1.54, 1.807) is 0 Å². The van der Waals surface area contributed by atoms with E-state index in [0.29, 0.717) is 12.0 Å². The predicted octanol–water partition coefficient (Wildman–Crippen LogP) is 4.56. The molecule has 3 heteroatoms. The molecule has 0 bridgehead atoms. The first-order chi connectivity index (χ1) is 11.8. The van der Waals surface area contributed by atoms with Crippen LogP contribution in [0.2, 0.25) is 0 Å². The van der Waals surface area contributed by atoms with Crippen molar-refractivity contribution in [3.05, 3.63) is 35.9 Å². The highest BCUT2D eigenvalue weighted by atomic mass is 16.5. The molecule has 1 saturated heterocycles. The van der Waals surface area contributed by atoms with Crippen molar-refractivity contribution >= 4 is 16.7 Å². The Balaban J connectivity index is 1.44. The van der Waals surface area contributed by atoms with Gasteiger partial charge in [0.15, 0.2) is 0 Å². The number of benzene rings is 1. The first-order valence-electron chi connectivity index (χ1n) is 9.59. The average Bonchev–Trinajstić information content (AvgIpc) is 2.88. The number of ether oxygens (including phenoxy) is 1. The van der Waals surface area contributed by atoms with Gasteiger partial charge in [-0.15, -0.1) is 0 Å². The van der Waals surface area contributed by atoms with E-state index in [4.69, 9.17) is 9.72 Å². The third-order valence-corrected chi connectivity index (χ3v) is 6.78. The summed E-state index contributed by atoms with van der Waals surface area (Å²) in [6.07, 6.45) is 7.45. The molecular formula is C21H26N2O. The topological polar surface area (TPSA) is 34.1 Å². The van der Waals surface area contributed by atoms with Gasteiger partial charge in [-0.3, -0.25) is 0 Å². The smallest absolute Gasteiger partial charge is 0.127 e. The van der Waals surface area contributed by atoms with Gasteiger partial charge in [0.2, 0.25) is 0 Å². The van der Waals surface area contributed by atoms with Gasteiger partial charge < -0.3 is 10.1 Å². The summed E-state index contributed by atoms with van der Waals surface area (Å²) in [4.78, 5) is 4.89. The monoisotopic (exact) mass is 322 g/mol. The number of hydrogen-bond donors (Lipinski definition) is 1. The van der Waals surface area contributed by atoms with Crippen LogP contribution in [-0.4, -0.2) is 23.2 Å². The fraction of sp³-hybridized carbons (Fsp3) is 0.571. The van der Waals surface area contributed by atoms with Crippen molar-refractivity contribution in [2.75, 3.05) is 11.9 Å². The van der Waals surface area contributed by atoms with E-state index in [1.165, 1.54) is 43.1 Å². The standard InChI is InChI=1S/C21H26N2O/c1-2-14-12-20(22-18-7-4-3-6-16(14)18)23-19-8-5-10-21-15(9-11-24-21)13-17(19)21/h3-4,6-7,12,15,17,19H,2,5,8-11,13H2,1H3,(H,22,23). The van der Waals surface area contributed by atoms with E-state index in [1.807, 2.05) is 0 Å². The zero-order valence-electron chi connectivity index (χ0n) is 14.4. The van der Waals surface area contributed by atoms with Crippen LogP contribution in [0.4, 0.5) is 5.82 Å². The molecule has 4 unspecified atom stereocenters. The molecule has 0 radical (unpaired) electrons. The summed E-state index contributed by atoms with van der Waals surface area (Å²) in [5, 5.41) is 5.08. The maximum atomic E-state index is 6.27. The molecule has 4 atom stereocenters. The van der Waals surface area contributed by atoms with Crippen molar-refractivity contribution in [3.8, 4) is 0 Å². The van der Waals surface area contributed by atoms with Gasteiger partial charge in [-0.25, -0.2) is 4.98 Å². The molecule has 1 aromatic carbocycles. The molecule has 1 aliphatic heterocycles. The average molecular weight is 322 g/mol. The minimum absolute atomic E-state index is 0.209. The summed E-state index contributed by atoms with van der Waals surface area (Å²) >= 11 is 0. The van der Waals surface area contributed by atoms with Crippen LogP contribution in [0.1, 0.15) is 44.6 Å². The maximum Gasteiger partial charge on any atom is 0.127 e. The minimum Gasteiger partial charge on any atom is -0.374 e. The Hall–Kier alpha value is -1.61. The van der Waals surface area contributed by atoms with Crippen molar-refractivity contribution in [1.29, 1.82) is 0 Å². The Labute approximate surface area is 143 Å². The van der Waals surface area contributed by atoms with Crippen LogP contribution >= 0.6 is 0 Å². The minimum atomic E-state index is 0.209. The molecule has 2 aliphatic carbocycles. The lowest BCUT2D eigenvalue weighted by molar-refractivity contribution is -0.160. The Bertz CT molecular complexity index is 774. The molecule has 126 valence electrons. The van der Waals surface area contributed by atoms with Crippen LogP contribution in [0.5, 0.6) is 0 Å². The predicted molar refractivity (Wildman–Crippen MR) is 97.3 cm³/mol. The number of fused-ring (bicyclic) bond motifs is 1. The van der Waals surface area contributed by atoms with Crippen LogP contribution < -0.4 is 5.32 Å². The number of hydrogen-bond acceptors (Lipinski definition) is 3. The summed E-state index contributed by atoms with van der Waals surface area (Å²) < 4.78 is 6.27. The van der Waals surface area contributed by atoms with Crippen molar-refractivity contribution in [2.45, 2.75) is 57.1 Å². The summed E-state index contributed by atoms with van der Waals surface area (Å²) in [5.41, 5.74) is 2.70. The Morgan fingerprint density at radius 3 is 3.08 bits per heavy atom. The number of nitrogens with one attached hydrogen (secondary N) is 1. The summed E-state index contributed by atoms with van der Waals surface area (Å²) in [7, 11) is 0. The summed E-state index contributed by atoms with van der Waals surface area (Å²) in [6, 6.07) is 11.3. The normalized spacial score (nSPS) is 34.5. The molecule has 1 spiro atoms. The molecule has 0 amide bonds. The number of aryl methyl sites for hydroxylation is 1. The quantitative estimate of drug-likeness (QED) is 0.899. The van der Waals surface area contributed by atoms with Gasteiger partial charge in [0.25, 0.3) is 0 Å². The van der Waals surface area contributed by atoms with Gasteiger partial charge in [0, 0.05) is 24.0 Å². The largest absolute Gasteiger partial charge is 0.374 e. The summed E-state index contributed by atoms with van der Waals surface area (Å²) in [5.74, 6) is 2.55. The first-order valence-corrected chi connectivity index (χ1v) is 9.59. The van der Waals surface area contributed by atoms with Crippen molar-refractivity contribution < 1.29 is 4.74 Å². The lowest BCUT2D eigenvalue weighted by atomic mass is 9.53. The second kappa shape index (κ2) is 5.45. The third kappa shape index (κ3) is 2.03. The van der Waals surface area contributed by atoms with Crippen LogP contribution in [-0.2, 0) is 11.2 Å². The highest BCUT2D eigenvalue weighted by molar-refractivity contribution is 5.84. The molecule has 3 fully saturated rings. The second-order valence-corrected chi connectivity index (χ2v) is 7.81. The van der Waals surface area contributed by atoms with E-state index in [2.05, 4.69) is 42.6 Å². The van der Waals surface area contributed by atoms with Gasteiger partial charge in [-0.05, 0) is 62.1 Å². The maximum absolute atomic E-state index is 6.27. The fourth-order valence-corrected chi connectivity index (χ4v) is 5.57. The zero-order chi connectivity index (χ0) is 16.1. The van der Waals surface area contributed by atoms with Crippen LogP contribution in [0, 0.1) is 11.8 Å². The summed E-state index contributed by atoms with van der Waals surface area (Å²) in [6.45, 7) is 3.20. The number of nitrogens with zero attached hydrogens (tertiary/aromatic N) is 1. The first kappa shape index (κ1) is 14.7. The van der Waals surface area contributed by atoms with E-state index in [0.717, 1.165) is 30.3 Å². The highest BCUT2D eigenvalue weighted by Gasteiger charge is 2.62. The number of anilines is 1. The van der Waals surface area contributed by atoms with E-state index in [9.17, 15) is 0 Å². The number of rotatable bonds is 3. The van der Waals surface area contributed by atoms with Crippen LogP contribution in [0.3, 0.4) is 0 Å². The molecule has 2 heterocycles. The van der Waals surface area contributed by atoms with Gasteiger partial charge in [0.05, 0.1) is 11.1 Å². The van der Waals surface area contributed by atoms with Gasteiger partial charge >= 0.3 is 0 Å². The SMILES string of the molecule is CCc1cc(NC2CCCC34OCCC3CC24)nc2ccccc12. The lowest BCUT2D eigenvalue weighted by Crippen LogP contribution is -2.61. The van der Waals surface area contributed by atoms with Crippen molar-refractivity contribution in [1.82, 2.24) is 4.98 Å². The van der Waals surface area contributed by atoms with Gasteiger partial charge in [-0.1, -0.05) is 25.1 Å². The van der Waals surface area contributed by atoms with Crippen molar-refractivity contribution in [3.63, 3.8) is 0 Å². The highest BCUT2D eigenvalue weighted by Crippen LogP contribution is 2.59. The Kier molecular flexibility index (Phi) is 3.34. The van der Waals surface area contributed by atoms with E-state index >= 15 is 0 Å². The molecule has 1 N–H and O–H groups in total. The molecule has 1 aromatic heterocycles. The molecule has 2 aromatic rings. The number of para-hydroxylation sites is 1. The van der Waals surface area contributed by atoms with E-state index in [-0.39, 0.29) is 5.60 Å². The molecule has 24 heavy (non-hydrogen) atoms. The fourth-order valence-electron chi connectivity index (χ4n) is 5.57. The van der Waals surface area contributed by atoms with Crippen molar-refractivity contribution in [2.24, 2.45) is 11.8 Å². The van der Waals surface area contributed by atoms with Gasteiger partial charge in [-0.2, -0.15) is 0 Å². The number of pyridine rings is 1. The van der Waals surface area contributed by atoms with Gasteiger partial charge in [0.1, 0.15) is 5.82 Å². The third-order valence-electron chi connectivity index (χ3n) is 6.78. The molecule has 2 saturated carbocycles. The molecular weight excluding hydrogens is 296 g/mol.